The van der Waals surface area contributed by atoms with Crippen LogP contribution in [0.25, 0.3) is 4.91 Å². The lowest BCUT2D eigenvalue weighted by Gasteiger charge is -2.08. The molecule has 1 aliphatic rings. The second-order valence-electron chi connectivity index (χ2n) is 4.46. The molecule has 0 aliphatic carbocycles. The topological polar surface area (TPSA) is 54.4 Å². The zero-order valence-electron chi connectivity index (χ0n) is 10.5. The van der Waals surface area contributed by atoms with Crippen molar-refractivity contribution in [2.75, 3.05) is 0 Å². The van der Waals surface area contributed by atoms with E-state index >= 15 is 0 Å². The lowest BCUT2D eigenvalue weighted by atomic mass is 10.1. The minimum absolute atomic E-state index is 0.0306. The van der Waals surface area contributed by atoms with Crippen molar-refractivity contribution in [1.82, 2.24) is 0 Å². The predicted octanol–water partition coefficient (Wildman–Crippen LogP) is 2.59. The van der Waals surface area contributed by atoms with Gasteiger partial charge in [-0.3, -0.25) is 4.79 Å². The molecule has 1 heterocycles. The quantitative estimate of drug-likeness (QED) is 0.862. The average molecular weight is 284 g/mol. The Labute approximate surface area is 117 Å². The van der Waals surface area contributed by atoms with Crippen LogP contribution in [-0.4, -0.2) is 19.4 Å². The van der Waals surface area contributed by atoms with Gasteiger partial charge in [0.25, 0.3) is 0 Å². The van der Waals surface area contributed by atoms with Gasteiger partial charge in [-0.1, -0.05) is 60.7 Å². The Hall–Kier alpha value is -2.17. The largest absolute Gasteiger partial charge is 0.309 e. The van der Waals surface area contributed by atoms with E-state index in [1.807, 2.05) is 6.07 Å². The molecule has 0 aromatic heterocycles. The molecule has 0 amide bonds. The van der Waals surface area contributed by atoms with Crippen LogP contribution in [0, 0.1) is 0 Å². The van der Waals surface area contributed by atoms with Crippen molar-refractivity contribution < 1.29 is 13.6 Å². The average Bonchev–Trinajstić information content (AvgIpc) is 2.70. The summed E-state index contributed by atoms with van der Waals surface area (Å²) >= 11 is 0. The summed E-state index contributed by atoms with van der Waals surface area (Å²) in [5, 5.41) is 0. The smallest absolute Gasteiger partial charge is 0.198 e. The van der Waals surface area contributed by atoms with Crippen molar-refractivity contribution >= 4 is 25.4 Å². The molecular formula is C16H12O3S. The summed E-state index contributed by atoms with van der Waals surface area (Å²) in [6.07, 6.45) is 1.26. The van der Waals surface area contributed by atoms with Crippen LogP contribution in [0.1, 0.15) is 11.1 Å². The predicted molar refractivity (Wildman–Crippen MR) is 80.7 cm³/mol. The second kappa shape index (κ2) is 4.74. The number of benzene rings is 2. The number of hydrogen-bond acceptors (Lipinski definition) is 2. The van der Waals surface area contributed by atoms with Gasteiger partial charge in [0, 0.05) is 6.08 Å². The minimum Gasteiger partial charge on any atom is -0.309 e. The fourth-order valence-corrected chi connectivity index (χ4v) is 3.98. The number of ketones is 1. The first-order valence-electron chi connectivity index (χ1n) is 6.11. The Morgan fingerprint density at radius 3 is 1.85 bits per heavy atom. The van der Waals surface area contributed by atoms with Gasteiger partial charge in [0.2, 0.25) is 0 Å². The molecular weight excluding hydrogens is 272 g/mol. The summed E-state index contributed by atoms with van der Waals surface area (Å²) in [5.74, 6) is -0.400. The first-order valence-corrected chi connectivity index (χ1v) is 7.63. The standard InChI is InChI=1S/C16H12O3S/c17-14-11-15(12-7-3-1-4-8-12)20(18,19)16(14)13-9-5-2-6-10-13/h1-11H,(H,18,19). The lowest BCUT2D eigenvalue weighted by Crippen LogP contribution is -2.17. The van der Waals surface area contributed by atoms with Crippen LogP contribution >= 0.6 is 0 Å². The highest BCUT2D eigenvalue weighted by Crippen LogP contribution is 2.28. The summed E-state index contributed by atoms with van der Waals surface area (Å²) in [6.45, 7) is 0. The molecule has 20 heavy (non-hydrogen) atoms. The molecule has 3 nitrogen and oxygen atoms in total. The maximum Gasteiger partial charge on any atom is 0.198 e. The minimum atomic E-state index is -3.50. The van der Waals surface area contributed by atoms with Gasteiger partial charge in [0.05, 0.1) is 4.91 Å². The van der Waals surface area contributed by atoms with Gasteiger partial charge in [-0.15, -0.1) is 0 Å². The third-order valence-corrected chi connectivity index (χ3v) is 5.10. The third-order valence-electron chi connectivity index (χ3n) is 3.16. The summed E-state index contributed by atoms with van der Waals surface area (Å²) < 4.78 is 23.1. The Balaban J connectivity index is 2.23. The summed E-state index contributed by atoms with van der Waals surface area (Å²) in [6, 6.07) is 17.4. The van der Waals surface area contributed by atoms with Crippen LogP contribution in [0.15, 0.2) is 66.7 Å². The number of carbonyl (C=O) groups is 1. The fourth-order valence-electron chi connectivity index (χ4n) is 2.25. The zero-order valence-corrected chi connectivity index (χ0v) is 11.3. The molecule has 1 aliphatic heterocycles. The molecule has 1 N–H and O–H groups in total. The summed E-state index contributed by atoms with van der Waals surface area (Å²) in [7, 11) is -3.50. The molecule has 0 fully saturated rings. The molecule has 0 spiro atoms. The van der Waals surface area contributed by atoms with Gasteiger partial charge in [-0.25, -0.2) is 4.21 Å². The van der Waals surface area contributed by atoms with Gasteiger partial charge in [0.1, 0.15) is 14.7 Å². The molecule has 0 radical (unpaired) electrons. The number of rotatable bonds is 2. The van der Waals surface area contributed by atoms with Crippen molar-refractivity contribution in [2.45, 2.75) is 0 Å². The first-order chi connectivity index (χ1) is 9.60. The van der Waals surface area contributed by atoms with E-state index in [1.165, 1.54) is 6.08 Å². The molecule has 4 heteroatoms. The zero-order chi connectivity index (χ0) is 14.2. The van der Waals surface area contributed by atoms with Crippen molar-refractivity contribution in [3.63, 3.8) is 0 Å². The van der Waals surface area contributed by atoms with Crippen LogP contribution in [0.3, 0.4) is 0 Å². The van der Waals surface area contributed by atoms with E-state index in [1.54, 1.807) is 54.6 Å². The van der Waals surface area contributed by atoms with Gasteiger partial charge in [-0.05, 0) is 11.1 Å². The molecule has 2 aromatic rings. The monoisotopic (exact) mass is 284 g/mol. The van der Waals surface area contributed by atoms with Gasteiger partial charge in [0.15, 0.2) is 5.78 Å². The van der Waals surface area contributed by atoms with Crippen molar-refractivity contribution in [3.05, 3.63) is 77.9 Å². The Morgan fingerprint density at radius 2 is 1.30 bits per heavy atom. The SMILES string of the molecule is O=C1C=C(c2ccccc2)S(=O)(O)=C1c1ccccc1. The maximum absolute atomic E-state index is 12.7. The van der Waals surface area contributed by atoms with Crippen LogP contribution in [0.2, 0.25) is 0 Å². The van der Waals surface area contributed by atoms with E-state index in [-0.39, 0.29) is 9.77 Å². The highest BCUT2D eigenvalue weighted by molar-refractivity contribution is 8.08. The van der Waals surface area contributed by atoms with E-state index in [0.717, 1.165) is 0 Å². The maximum atomic E-state index is 12.7. The number of allylic oxidation sites excluding steroid dienone is 1. The van der Waals surface area contributed by atoms with E-state index in [9.17, 15) is 13.6 Å². The van der Waals surface area contributed by atoms with Crippen molar-refractivity contribution in [3.8, 4) is 0 Å². The summed E-state index contributed by atoms with van der Waals surface area (Å²) in [4.78, 5) is 12.3. The fraction of sp³-hybridized carbons (Fsp3) is 0. The lowest BCUT2D eigenvalue weighted by molar-refractivity contribution is -0.108. The van der Waals surface area contributed by atoms with Crippen molar-refractivity contribution in [1.29, 1.82) is 0 Å². The van der Waals surface area contributed by atoms with Gasteiger partial charge in [-0.2, -0.15) is 0 Å². The van der Waals surface area contributed by atoms with Crippen LogP contribution < -0.4 is 0 Å². The molecule has 3 rings (SSSR count). The highest BCUT2D eigenvalue weighted by Gasteiger charge is 2.31. The van der Waals surface area contributed by atoms with Crippen LogP contribution in [-0.2, 0) is 14.6 Å². The van der Waals surface area contributed by atoms with Crippen LogP contribution in [0.4, 0.5) is 0 Å². The van der Waals surface area contributed by atoms with E-state index in [4.69, 9.17) is 0 Å². The molecule has 0 bridgehead atoms. The summed E-state index contributed by atoms with van der Waals surface area (Å²) in [5.41, 5.74) is 1.09. The molecule has 1 unspecified atom stereocenters. The molecule has 0 saturated heterocycles. The van der Waals surface area contributed by atoms with Gasteiger partial charge < -0.3 is 4.55 Å². The third kappa shape index (κ3) is 1.99. The van der Waals surface area contributed by atoms with E-state index in [2.05, 4.69) is 0 Å². The van der Waals surface area contributed by atoms with E-state index in [0.29, 0.717) is 11.1 Å². The Kier molecular flexibility index (Phi) is 3.04. The first kappa shape index (κ1) is 12.8. The normalized spacial score (nSPS) is 21.9. The Morgan fingerprint density at radius 1 is 0.800 bits per heavy atom. The van der Waals surface area contributed by atoms with Crippen molar-refractivity contribution in [2.24, 2.45) is 0 Å². The molecule has 1 atom stereocenters. The highest BCUT2D eigenvalue weighted by atomic mass is 32.2. The van der Waals surface area contributed by atoms with Crippen LogP contribution in [0.5, 0.6) is 0 Å². The number of carbonyl (C=O) groups excluding carboxylic acids is 1. The number of hydrogen-bond donors (Lipinski definition) is 1. The molecule has 2 aromatic carbocycles. The second-order valence-corrected chi connectivity index (χ2v) is 6.36. The van der Waals surface area contributed by atoms with E-state index < -0.39 is 15.6 Å². The molecule has 0 saturated carbocycles. The van der Waals surface area contributed by atoms with Gasteiger partial charge >= 0.3 is 0 Å². The molecule has 100 valence electrons. The Bertz CT molecular complexity index is 811.